The average molecular weight is 786 g/mol. The monoisotopic (exact) mass is 785 g/mol. The maximum Gasteiger partial charge on any atom is 0.231 e. The van der Waals surface area contributed by atoms with Crippen molar-refractivity contribution in [1.82, 2.24) is 15.1 Å². The molecule has 0 unspecified atom stereocenters. The zero-order chi connectivity index (χ0) is 40.5. The van der Waals surface area contributed by atoms with Crippen molar-refractivity contribution in [2.45, 2.75) is 25.9 Å². The number of benzene rings is 3. The largest absolute Gasteiger partial charge is 0.454 e. The van der Waals surface area contributed by atoms with Gasteiger partial charge in [0.2, 0.25) is 32.3 Å². The summed E-state index contributed by atoms with van der Waals surface area (Å²) in [6.07, 6.45) is 1.08. The van der Waals surface area contributed by atoms with Crippen molar-refractivity contribution in [2.24, 2.45) is 64.4 Å². The molecule has 302 valence electrons. The first-order valence-corrected chi connectivity index (χ1v) is 17.7. The van der Waals surface area contributed by atoms with Crippen LogP contribution in [0.15, 0.2) is 72.4 Å². The van der Waals surface area contributed by atoms with E-state index in [1.54, 1.807) is 37.0 Å². The zero-order valence-corrected chi connectivity index (χ0v) is 31.9. The number of nitrogens with one attached hydrogen (secondary N) is 1. The number of rotatable bonds is 11. The Morgan fingerprint density at radius 1 is 0.632 bits per heavy atom. The second-order valence-corrected chi connectivity index (χ2v) is 12.8. The maximum absolute atomic E-state index is 6.31. The summed E-state index contributed by atoms with van der Waals surface area (Å²) < 4.78 is 34.1. The summed E-state index contributed by atoms with van der Waals surface area (Å²) in [4.78, 5) is 29.0. The number of nitrogens with two attached hydrogens (primary N) is 6. The van der Waals surface area contributed by atoms with Crippen molar-refractivity contribution in [3.63, 3.8) is 0 Å². The van der Waals surface area contributed by atoms with Crippen molar-refractivity contribution >= 4 is 41.4 Å². The number of para-hydroxylation sites is 1. The van der Waals surface area contributed by atoms with E-state index in [2.05, 4.69) is 35.3 Å². The highest BCUT2D eigenvalue weighted by molar-refractivity contribution is 5.97. The van der Waals surface area contributed by atoms with E-state index >= 15 is 0 Å². The lowest BCUT2D eigenvalue weighted by molar-refractivity contribution is 0.172. The minimum absolute atomic E-state index is 0.0149. The Bertz CT molecular complexity index is 2150. The van der Waals surface area contributed by atoms with Gasteiger partial charge in [0, 0.05) is 57.5 Å². The number of hydrogen-bond acceptors (Lipinski definition) is 10. The van der Waals surface area contributed by atoms with E-state index in [0.29, 0.717) is 72.7 Å². The lowest BCUT2D eigenvalue weighted by atomic mass is 10.1. The summed E-state index contributed by atoms with van der Waals surface area (Å²) in [5.74, 6) is 4.21. The Kier molecular flexibility index (Phi) is 12.3. The van der Waals surface area contributed by atoms with Crippen LogP contribution in [-0.2, 0) is 25.9 Å². The van der Waals surface area contributed by atoms with Gasteiger partial charge in [-0.15, -0.1) is 0 Å². The Labute approximate surface area is 328 Å². The Balaban J connectivity index is 1.04. The number of fused-ring (bicyclic) bond motifs is 3. The van der Waals surface area contributed by atoms with Gasteiger partial charge in [-0.25, -0.2) is 9.98 Å². The van der Waals surface area contributed by atoms with Gasteiger partial charge in [-0.2, -0.15) is 9.98 Å². The van der Waals surface area contributed by atoms with Crippen LogP contribution in [-0.4, -0.2) is 100 Å². The van der Waals surface area contributed by atoms with E-state index in [9.17, 15) is 0 Å². The molecule has 0 aromatic heterocycles. The molecule has 0 saturated carbocycles. The highest BCUT2D eigenvalue weighted by atomic mass is 16.7. The minimum Gasteiger partial charge on any atom is -0.454 e. The number of ether oxygens (including phenoxy) is 6. The molecule has 0 saturated heterocycles. The summed E-state index contributed by atoms with van der Waals surface area (Å²) in [7, 11) is 5.14. The molecular weight excluding hydrogens is 738 g/mol. The van der Waals surface area contributed by atoms with Gasteiger partial charge in [-0.1, -0.05) is 30.3 Å². The molecule has 0 fully saturated rings. The summed E-state index contributed by atoms with van der Waals surface area (Å²) >= 11 is 0. The van der Waals surface area contributed by atoms with Crippen LogP contribution >= 0.6 is 0 Å². The standard InChI is InChI=1S/C36H47N15O6/c1-43-31(37)47-32(38)44-13-11-20-9-10-24(30-28(20)55-19-57-30)46-34(40)49-35(41)50(2)14-12-21-7-8-22(29-27(21)54-18-56-29)15-45-33(39)48-36(42)51(3)16-23-5-4-6-25-26(23)53-17-52-25/h4-10H,11-19H2,1-3H3,(H4,39,42,45,48)(H4,40,41,46,49)(H5,37,38,43,44,47). The third kappa shape index (κ3) is 9.68. The van der Waals surface area contributed by atoms with Gasteiger partial charge < -0.3 is 72.6 Å². The highest BCUT2D eigenvalue weighted by Gasteiger charge is 2.24. The van der Waals surface area contributed by atoms with E-state index in [4.69, 9.17) is 62.8 Å². The minimum atomic E-state index is -0.0629. The van der Waals surface area contributed by atoms with Crippen LogP contribution in [0.2, 0.25) is 0 Å². The van der Waals surface area contributed by atoms with Gasteiger partial charge in [0.1, 0.15) is 5.69 Å². The summed E-state index contributed by atoms with van der Waals surface area (Å²) in [5, 5.41) is 2.69. The Morgan fingerprint density at radius 3 is 2.02 bits per heavy atom. The van der Waals surface area contributed by atoms with Gasteiger partial charge >= 0.3 is 0 Å². The molecular formula is C36H47N15O6. The number of nitrogens with zero attached hydrogens (tertiary/aromatic N) is 8. The summed E-state index contributed by atoms with van der Waals surface area (Å²) in [6, 6.07) is 13.1. The third-order valence-corrected chi connectivity index (χ3v) is 8.91. The topological polar surface area (TPSA) is 304 Å². The number of guanidine groups is 6. The van der Waals surface area contributed by atoms with Crippen molar-refractivity contribution in [3.8, 4) is 34.5 Å². The molecule has 3 aliphatic heterocycles. The predicted molar refractivity (Wildman–Crippen MR) is 216 cm³/mol. The number of likely N-dealkylation sites (N-methyl/N-ethyl adjacent to an activating group) is 1. The van der Waals surface area contributed by atoms with Gasteiger partial charge in [-0.05, 0) is 30.5 Å². The molecule has 0 bridgehead atoms. The second kappa shape index (κ2) is 17.9. The Morgan fingerprint density at radius 2 is 1.25 bits per heavy atom. The van der Waals surface area contributed by atoms with Crippen molar-refractivity contribution in [1.29, 1.82) is 0 Å². The van der Waals surface area contributed by atoms with Crippen LogP contribution in [0, 0.1) is 0 Å². The molecule has 3 heterocycles. The number of hydrogen-bond donors (Lipinski definition) is 7. The fraction of sp³-hybridized carbons (Fsp3) is 0.333. The van der Waals surface area contributed by atoms with Gasteiger partial charge in [0.25, 0.3) is 0 Å². The highest BCUT2D eigenvalue weighted by Crippen LogP contribution is 2.44. The molecule has 6 rings (SSSR count). The van der Waals surface area contributed by atoms with E-state index in [1.807, 2.05) is 36.4 Å². The molecule has 0 amide bonds. The van der Waals surface area contributed by atoms with Gasteiger partial charge in [-0.3, -0.25) is 15.3 Å². The van der Waals surface area contributed by atoms with Crippen LogP contribution in [0.1, 0.15) is 22.3 Å². The Hall–Kier alpha value is -7.32. The van der Waals surface area contributed by atoms with Crippen LogP contribution in [0.5, 0.6) is 34.5 Å². The van der Waals surface area contributed by atoms with Gasteiger partial charge in [0.05, 0.1) is 6.54 Å². The predicted octanol–water partition coefficient (Wildman–Crippen LogP) is -0.0392. The fourth-order valence-corrected chi connectivity index (χ4v) is 5.89. The molecule has 21 heteroatoms. The van der Waals surface area contributed by atoms with Crippen LogP contribution in [0.4, 0.5) is 5.69 Å². The summed E-state index contributed by atoms with van der Waals surface area (Å²) in [6.45, 7) is 1.77. The first-order valence-electron chi connectivity index (χ1n) is 17.7. The quantitative estimate of drug-likeness (QED) is 0.0991. The molecule has 0 atom stereocenters. The molecule has 13 N–H and O–H groups in total. The van der Waals surface area contributed by atoms with Gasteiger partial charge in [0.15, 0.2) is 58.3 Å². The van der Waals surface area contributed by atoms with Crippen molar-refractivity contribution in [2.75, 3.05) is 54.6 Å². The van der Waals surface area contributed by atoms with E-state index in [1.165, 1.54) is 0 Å². The molecule has 0 radical (unpaired) electrons. The molecule has 0 spiro atoms. The molecule has 57 heavy (non-hydrogen) atoms. The second-order valence-electron chi connectivity index (χ2n) is 12.8. The first-order chi connectivity index (χ1) is 27.5. The normalized spacial score (nSPS) is 15.3. The lowest BCUT2D eigenvalue weighted by Crippen LogP contribution is -2.41. The van der Waals surface area contributed by atoms with E-state index < -0.39 is 0 Å². The molecule has 3 aromatic carbocycles. The molecule has 0 aliphatic carbocycles. The third-order valence-electron chi connectivity index (χ3n) is 8.91. The van der Waals surface area contributed by atoms with Crippen LogP contribution in [0.3, 0.4) is 0 Å². The maximum atomic E-state index is 6.31. The molecule has 3 aliphatic rings. The van der Waals surface area contributed by atoms with E-state index in [0.717, 1.165) is 22.3 Å². The SMILES string of the molecule is CN=C(N)NC(N)=NCCc1ccc(N=C(N)N=C(N)N(C)CCc2ccc(CN=C(N)N=C(N)N(C)Cc3cccc4c3OCO4)c3c2OCO3)c2c1OCO2. The van der Waals surface area contributed by atoms with Crippen molar-refractivity contribution in [3.05, 3.63) is 64.7 Å². The molecule has 21 nitrogen and oxygen atoms in total. The van der Waals surface area contributed by atoms with Crippen LogP contribution < -0.4 is 68.1 Å². The first kappa shape index (κ1) is 39.4. The smallest absolute Gasteiger partial charge is 0.231 e. The number of aliphatic imine (C=N–C) groups is 6. The molecule has 3 aromatic rings. The lowest BCUT2D eigenvalue weighted by Gasteiger charge is -2.19. The summed E-state index contributed by atoms with van der Waals surface area (Å²) in [5.41, 5.74) is 40.2. The zero-order valence-electron chi connectivity index (χ0n) is 31.9. The average Bonchev–Trinajstić information content (AvgIpc) is 3.99. The van der Waals surface area contributed by atoms with E-state index in [-0.39, 0.29) is 62.7 Å². The van der Waals surface area contributed by atoms with Crippen LogP contribution in [0.25, 0.3) is 0 Å². The van der Waals surface area contributed by atoms with Crippen molar-refractivity contribution < 1.29 is 28.4 Å². The fourth-order valence-electron chi connectivity index (χ4n) is 5.89.